The zero-order chi connectivity index (χ0) is 11.5. The normalized spacial score (nSPS) is 10.7. The Morgan fingerprint density at radius 3 is 2.88 bits per heavy atom. The van der Waals surface area contributed by atoms with Crippen LogP contribution in [0.2, 0.25) is 0 Å². The molecule has 0 radical (unpaired) electrons. The minimum absolute atomic E-state index is 0.201. The van der Waals surface area contributed by atoms with E-state index in [0.717, 1.165) is 16.8 Å². The highest BCUT2D eigenvalue weighted by atomic mass is 35.5. The number of halogens is 2. The molecule has 2 nitrogen and oxygen atoms in total. The minimum Gasteiger partial charge on any atom is -0.333 e. The average Bonchev–Trinajstić information content (AvgIpc) is 2.70. The summed E-state index contributed by atoms with van der Waals surface area (Å²) in [7, 11) is 0. The molecule has 0 aliphatic rings. The van der Waals surface area contributed by atoms with Crippen LogP contribution in [0.15, 0.2) is 30.7 Å². The SMILES string of the molecule is Cc1cc(F)ccc1Cn1cnc(CCl)c1. The molecular formula is C12H12ClFN2. The number of nitrogens with zero attached hydrogens (tertiary/aromatic N) is 2. The number of hydrogen-bond acceptors (Lipinski definition) is 1. The quantitative estimate of drug-likeness (QED) is 0.752. The van der Waals surface area contributed by atoms with Crippen molar-refractivity contribution in [2.24, 2.45) is 0 Å². The fraction of sp³-hybridized carbons (Fsp3) is 0.250. The zero-order valence-corrected chi connectivity index (χ0v) is 9.71. The van der Waals surface area contributed by atoms with Crippen molar-refractivity contribution in [2.75, 3.05) is 0 Å². The van der Waals surface area contributed by atoms with Crippen molar-refractivity contribution in [1.29, 1.82) is 0 Å². The fourth-order valence-electron chi connectivity index (χ4n) is 1.60. The van der Waals surface area contributed by atoms with Crippen LogP contribution >= 0.6 is 11.6 Å². The molecule has 2 rings (SSSR count). The van der Waals surface area contributed by atoms with E-state index in [4.69, 9.17) is 11.6 Å². The van der Waals surface area contributed by atoms with E-state index in [9.17, 15) is 4.39 Å². The Balaban J connectivity index is 2.20. The molecule has 0 saturated carbocycles. The number of rotatable bonds is 3. The van der Waals surface area contributed by atoms with Crippen molar-refractivity contribution in [3.8, 4) is 0 Å². The van der Waals surface area contributed by atoms with Crippen molar-refractivity contribution in [3.63, 3.8) is 0 Å². The van der Waals surface area contributed by atoms with Gasteiger partial charge in [-0.1, -0.05) is 6.07 Å². The van der Waals surface area contributed by atoms with Crippen molar-refractivity contribution >= 4 is 11.6 Å². The minimum atomic E-state index is -0.201. The van der Waals surface area contributed by atoms with E-state index >= 15 is 0 Å². The smallest absolute Gasteiger partial charge is 0.123 e. The standard InChI is InChI=1S/C12H12ClFN2/c1-9-4-11(14)3-2-10(9)6-16-7-12(5-13)15-8-16/h2-4,7-8H,5-6H2,1H3. The molecule has 2 aromatic rings. The van der Waals surface area contributed by atoms with E-state index < -0.39 is 0 Å². The third-order valence-electron chi connectivity index (χ3n) is 2.48. The largest absolute Gasteiger partial charge is 0.333 e. The first-order chi connectivity index (χ1) is 7.69. The highest BCUT2D eigenvalue weighted by Crippen LogP contribution is 2.12. The molecule has 0 saturated heterocycles. The molecule has 0 fully saturated rings. The molecule has 0 bridgehead atoms. The summed E-state index contributed by atoms with van der Waals surface area (Å²) in [6.45, 7) is 2.59. The van der Waals surface area contributed by atoms with Gasteiger partial charge in [0.2, 0.25) is 0 Å². The van der Waals surface area contributed by atoms with Crippen LogP contribution in [0, 0.1) is 12.7 Å². The summed E-state index contributed by atoms with van der Waals surface area (Å²) in [5, 5.41) is 0. The Bertz CT molecular complexity index is 494. The molecule has 0 unspecified atom stereocenters. The summed E-state index contributed by atoms with van der Waals surface area (Å²) in [6.07, 6.45) is 3.64. The van der Waals surface area contributed by atoms with Gasteiger partial charge in [0, 0.05) is 12.7 Å². The van der Waals surface area contributed by atoms with Crippen LogP contribution < -0.4 is 0 Å². The molecule has 0 spiro atoms. The van der Waals surface area contributed by atoms with Gasteiger partial charge in [-0.15, -0.1) is 11.6 Å². The van der Waals surface area contributed by atoms with Gasteiger partial charge >= 0.3 is 0 Å². The molecule has 0 atom stereocenters. The summed E-state index contributed by atoms with van der Waals surface area (Å²) >= 11 is 5.67. The maximum atomic E-state index is 12.9. The topological polar surface area (TPSA) is 17.8 Å². The van der Waals surface area contributed by atoms with Crippen LogP contribution in [-0.2, 0) is 12.4 Å². The second-order valence-electron chi connectivity index (χ2n) is 3.74. The molecule has 0 aliphatic carbocycles. The molecule has 4 heteroatoms. The first-order valence-corrected chi connectivity index (χ1v) is 5.54. The summed E-state index contributed by atoms with van der Waals surface area (Å²) in [5.41, 5.74) is 2.88. The lowest BCUT2D eigenvalue weighted by atomic mass is 10.1. The number of imidazole rings is 1. The monoisotopic (exact) mass is 238 g/mol. The fourth-order valence-corrected chi connectivity index (χ4v) is 1.73. The van der Waals surface area contributed by atoms with E-state index in [-0.39, 0.29) is 5.82 Å². The van der Waals surface area contributed by atoms with E-state index in [1.165, 1.54) is 12.1 Å². The summed E-state index contributed by atoms with van der Waals surface area (Å²) in [5.74, 6) is 0.211. The first kappa shape index (κ1) is 11.1. The zero-order valence-electron chi connectivity index (χ0n) is 8.95. The number of aryl methyl sites for hydroxylation is 1. The van der Waals surface area contributed by atoms with Gasteiger partial charge in [0.25, 0.3) is 0 Å². The lowest BCUT2D eigenvalue weighted by Gasteiger charge is -2.06. The number of aromatic nitrogens is 2. The van der Waals surface area contributed by atoms with Crippen LogP contribution in [0.3, 0.4) is 0 Å². The Labute approximate surface area is 98.7 Å². The van der Waals surface area contributed by atoms with Crippen LogP contribution in [-0.4, -0.2) is 9.55 Å². The molecule has 16 heavy (non-hydrogen) atoms. The predicted octanol–water partition coefficient (Wildman–Crippen LogP) is 3.12. The molecule has 0 amide bonds. The van der Waals surface area contributed by atoms with Gasteiger partial charge in [-0.2, -0.15) is 0 Å². The second kappa shape index (κ2) is 4.66. The maximum Gasteiger partial charge on any atom is 0.123 e. The van der Waals surface area contributed by atoms with Crippen LogP contribution in [0.4, 0.5) is 4.39 Å². The van der Waals surface area contributed by atoms with Crippen LogP contribution in [0.5, 0.6) is 0 Å². The van der Waals surface area contributed by atoms with Gasteiger partial charge in [-0.3, -0.25) is 0 Å². The third-order valence-corrected chi connectivity index (χ3v) is 2.76. The third kappa shape index (κ3) is 2.42. The van der Waals surface area contributed by atoms with Crippen molar-refractivity contribution < 1.29 is 4.39 Å². The molecule has 1 aromatic carbocycles. The second-order valence-corrected chi connectivity index (χ2v) is 4.01. The van der Waals surface area contributed by atoms with E-state index in [0.29, 0.717) is 12.4 Å². The van der Waals surface area contributed by atoms with E-state index in [2.05, 4.69) is 4.98 Å². The summed E-state index contributed by atoms with van der Waals surface area (Å²) < 4.78 is 14.9. The number of hydrogen-bond donors (Lipinski definition) is 0. The Hall–Kier alpha value is -1.35. The Morgan fingerprint density at radius 2 is 2.25 bits per heavy atom. The Kier molecular flexibility index (Phi) is 3.25. The number of benzene rings is 1. The molecule has 84 valence electrons. The van der Waals surface area contributed by atoms with Crippen molar-refractivity contribution in [1.82, 2.24) is 9.55 Å². The van der Waals surface area contributed by atoms with E-state index in [1.807, 2.05) is 17.7 Å². The van der Waals surface area contributed by atoms with Gasteiger partial charge in [0.15, 0.2) is 0 Å². The predicted molar refractivity (Wildman–Crippen MR) is 62.0 cm³/mol. The van der Waals surface area contributed by atoms with Gasteiger partial charge in [-0.05, 0) is 30.2 Å². The van der Waals surface area contributed by atoms with E-state index in [1.54, 1.807) is 12.4 Å². The molecule has 0 N–H and O–H groups in total. The van der Waals surface area contributed by atoms with Gasteiger partial charge < -0.3 is 4.57 Å². The maximum absolute atomic E-state index is 12.9. The highest BCUT2D eigenvalue weighted by molar-refractivity contribution is 6.16. The average molecular weight is 239 g/mol. The van der Waals surface area contributed by atoms with Gasteiger partial charge in [0.1, 0.15) is 5.82 Å². The molecule has 1 aromatic heterocycles. The number of alkyl halides is 1. The molecule has 0 aliphatic heterocycles. The lowest BCUT2D eigenvalue weighted by Crippen LogP contribution is -1.99. The van der Waals surface area contributed by atoms with Crippen LogP contribution in [0.1, 0.15) is 16.8 Å². The van der Waals surface area contributed by atoms with Gasteiger partial charge in [-0.25, -0.2) is 9.37 Å². The van der Waals surface area contributed by atoms with Crippen LogP contribution in [0.25, 0.3) is 0 Å². The first-order valence-electron chi connectivity index (χ1n) is 5.00. The van der Waals surface area contributed by atoms with Crippen molar-refractivity contribution in [2.45, 2.75) is 19.3 Å². The molecular weight excluding hydrogens is 227 g/mol. The Morgan fingerprint density at radius 1 is 1.44 bits per heavy atom. The van der Waals surface area contributed by atoms with Crippen molar-refractivity contribution in [3.05, 3.63) is 53.4 Å². The summed E-state index contributed by atoms with van der Waals surface area (Å²) in [4.78, 5) is 4.14. The highest BCUT2D eigenvalue weighted by Gasteiger charge is 2.02. The summed E-state index contributed by atoms with van der Waals surface area (Å²) in [6, 6.07) is 4.81. The molecule has 1 heterocycles. The van der Waals surface area contributed by atoms with Gasteiger partial charge in [0.05, 0.1) is 17.9 Å². The lowest BCUT2D eigenvalue weighted by molar-refractivity contribution is 0.624.